The summed E-state index contributed by atoms with van der Waals surface area (Å²) in [5.74, 6) is 0.332. The number of methoxy groups -OCH3 is 2. The molecule has 0 spiro atoms. The van der Waals surface area contributed by atoms with Crippen LogP contribution < -0.4 is 14.8 Å². The first-order valence-corrected chi connectivity index (χ1v) is 8.23. The number of ether oxygens (including phenoxy) is 2. The minimum Gasteiger partial charge on any atom is -0.497 e. The summed E-state index contributed by atoms with van der Waals surface area (Å²) in [6, 6.07) is 11.0. The first-order valence-electron chi connectivity index (χ1n) is 7.35. The minimum absolute atomic E-state index is 0.308. The van der Waals surface area contributed by atoms with Crippen molar-refractivity contribution < 1.29 is 18.7 Å². The van der Waals surface area contributed by atoms with E-state index >= 15 is 0 Å². The van der Waals surface area contributed by atoms with E-state index in [1.807, 2.05) is 0 Å². The fraction of sp³-hybridized carbons (Fsp3) is 0.111. The molecule has 0 fully saturated rings. The molecule has 0 unspecified atom stereocenters. The summed E-state index contributed by atoms with van der Waals surface area (Å²) in [7, 11) is 3.02. The van der Waals surface area contributed by atoms with Crippen LogP contribution in [0.3, 0.4) is 0 Å². The Labute approximate surface area is 148 Å². The van der Waals surface area contributed by atoms with E-state index in [2.05, 4.69) is 10.3 Å². The second-order valence-electron chi connectivity index (χ2n) is 5.07. The zero-order valence-corrected chi connectivity index (χ0v) is 14.4. The highest BCUT2D eigenvalue weighted by Gasteiger charge is 2.15. The van der Waals surface area contributed by atoms with Gasteiger partial charge in [-0.25, -0.2) is 9.37 Å². The number of halogens is 1. The lowest BCUT2D eigenvalue weighted by atomic mass is 10.1. The van der Waals surface area contributed by atoms with Crippen molar-refractivity contribution in [3.63, 3.8) is 0 Å². The summed E-state index contributed by atoms with van der Waals surface area (Å²) in [6.45, 7) is 0. The summed E-state index contributed by atoms with van der Waals surface area (Å²) >= 11 is 1.29. The molecule has 0 atom stereocenters. The van der Waals surface area contributed by atoms with Gasteiger partial charge in [0.05, 0.1) is 25.5 Å². The third-order valence-corrected chi connectivity index (χ3v) is 4.27. The quantitative estimate of drug-likeness (QED) is 0.742. The summed E-state index contributed by atoms with van der Waals surface area (Å²) in [4.78, 5) is 16.9. The second kappa shape index (κ2) is 7.31. The molecule has 1 N–H and O–H groups in total. The van der Waals surface area contributed by atoms with Gasteiger partial charge in [-0.3, -0.25) is 10.1 Å². The number of benzene rings is 2. The molecule has 0 radical (unpaired) electrons. The SMILES string of the molecule is COc1ccc(OC)c(C(=O)Nc2nc(-c3ccc(F)cc3)cs2)c1. The highest BCUT2D eigenvalue weighted by atomic mass is 32.1. The fourth-order valence-corrected chi connectivity index (χ4v) is 2.96. The van der Waals surface area contributed by atoms with Crippen LogP contribution >= 0.6 is 11.3 Å². The van der Waals surface area contributed by atoms with Gasteiger partial charge in [0, 0.05) is 10.9 Å². The average molecular weight is 358 g/mol. The summed E-state index contributed by atoms with van der Waals surface area (Å²) in [5, 5.41) is 4.98. The van der Waals surface area contributed by atoms with E-state index in [-0.39, 0.29) is 11.7 Å². The first-order chi connectivity index (χ1) is 12.1. The summed E-state index contributed by atoms with van der Waals surface area (Å²) in [5.41, 5.74) is 1.79. The van der Waals surface area contributed by atoms with Crippen molar-refractivity contribution in [2.24, 2.45) is 0 Å². The Kier molecular flexibility index (Phi) is 4.95. The smallest absolute Gasteiger partial charge is 0.261 e. The van der Waals surface area contributed by atoms with E-state index in [9.17, 15) is 9.18 Å². The molecule has 0 aliphatic rings. The molecule has 0 saturated carbocycles. The molecular weight excluding hydrogens is 343 g/mol. The Morgan fingerprint density at radius 3 is 2.56 bits per heavy atom. The van der Waals surface area contributed by atoms with Gasteiger partial charge in [-0.1, -0.05) is 0 Å². The van der Waals surface area contributed by atoms with Crippen LogP contribution in [-0.4, -0.2) is 25.1 Å². The van der Waals surface area contributed by atoms with Gasteiger partial charge < -0.3 is 9.47 Å². The number of aromatic nitrogens is 1. The van der Waals surface area contributed by atoms with Crippen LogP contribution in [0.15, 0.2) is 47.8 Å². The van der Waals surface area contributed by atoms with Crippen LogP contribution in [-0.2, 0) is 0 Å². The predicted molar refractivity (Wildman–Crippen MR) is 95.0 cm³/mol. The predicted octanol–water partition coefficient (Wildman–Crippen LogP) is 4.22. The van der Waals surface area contributed by atoms with E-state index in [0.717, 1.165) is 5.56 Å². The number of amides is 1. The van der Waals surface area contributed by atoms with Crippen LogP contribution in [0, 0.1) is 5.82 Å². The lowest BCUT2D eigenvalue weighted by molar-refractivity contribution is 0.102. The van der Waals surface area contributed by atoms with Crippen molar-refractivity contribution in [3.05, 3.63) is 59.2 Å². The van der Waals surface area contributed by atoms with E-state index in [0.29, 0.717) is 27.9 Å². The van der Waals surface area contributed by atoms with Gasteiger partial charge in [-0.15, -0.1) is 11.3 Å². The third kappa shape index (κ3) is 3.77. The number of hydrogen-bond donors (Lipinski definition) is 1. The Balaban J connectivity index is 1.81. The maximum Gasteiger partial charge on any atom is 0.261 e. The van der Waals surface area contributed by atoms with Crippen molar-refractivity contribution in [2.45, 2.75) is 0 Å². The number of thiazole rings is 1. The Morgan fingerprint density at radius 1 is 1.12 bits per heavy atom. The van der Waals surface area contributed by atoms with E-state index in [1.54, 1.807) is 35.7 Å². The molecule has 25 heavy (non-hydrogen) atoms. The molecule has 1 heterocycles. The molecule has 2 aromatic carbocycles. The topological polar surface area (TPSA) is 60.5 Å². The molecule has 1 amide bonds. The number of rotatable bonds is 5. The first kappa shape index (κ1) is 16.9. The molecule has 0 saturated heterocycles. The monoisotopic (exact) mass is 358 g/mol. The third-order valence-electron chi connectivity index (χ3n) is 3.52. The zero-order valence-electron chi connectivity index (χ0n) is 13.6. The largest absolute Gasteiger partial charge is 0.497 e. The Hall–Kier alpha value is -2.93. The zero-order chi connectivity index (χ0) is 17.8. The normalized spacial score (nSPS) is 10.4. The fourth-order valence-electron chi connectivity index (χ4n) is 2.24. The molecule has 0 aliphatic heterocycles. The Bertz CT molecular complexity index is 894. The van der Waals surface area contributed by atoms with Gasteiger partial charge in [-0.2, -0.15) is 0 Å². The standard InChI is InChI=1S/C18H15FN2O3S/c1-23-13-7-8-16(24-2)14(9-13)17(22)21-18-20-15(10-25-18)11-3-5-12(19)6-4-11/h3-10H,1-2H3,(H,20,21,22). The van der Waals surface area contributed by atoms with Crippen molar-refractivity contribution in [3.8, 4) is 22.8 Å². The number of carbonyl (C=O) groups excluding carboxylic acids is 1. The number of hydrogen-bond acceptors (Lipinski definition) is 5. The molecule has 128 valence electrons. The molecular formula is C18H15FN2O3S. The highest BCUT2D eigenvalue weighted by Crippen LogP contribution is 2.28. The number of nitrogens with one attached hydrogen (secondary N) is 1. The maximum atomic E-state index is 13.0. The molecule has 3 rings (SSSR count). The van der Waals surface area contributed by atoms with Gasteiger partial charge >= 0.3 is 0 Å². The van der Waals surface area contributed by atoms with Crippen molar-refractivity contribution in [2.75, 3.05) is 19.5 Å². The van der Waals surface area contributed by atoms with Crippen LogP contribution in [0.1, 0.15) is 10.4 Å². The van der Waals surface area contributed by atoms with Gasteiger partial charge in [-0.05, 0) is 42.5 Å². The van der Waals surface area contributed by atoms with Crippen molar-refractivity contribution >= 4 is 22.4 Å². The summed E-state index contributed by atoms with van der Waals surface area (Å²) in [6.07, 6.45) is 0. The van der Waals surface area contributed by atoms with Crippen LogP contribution in [0.4, 0.5) is 9.52 Å². The number of carbonyl (C=O) groups is 1. The van der Waals surface area contributed by atoms with E-state index < -0.39 is 0 Å². The second-order valence-corrected chi connectivity index (χ2v) is 5.92. The van der Waals surface area contributed by atoms with Crippen LogP contribution in [0.25, 0.3) is 11.3 Å². The molecule has 0 aliphatic carbocycles. The van der Waals surface area contributed by atoms with Crippen LogP contribution in [0.2, 0.25) is 0 Å². The molecule has 1 aromatic heterocycles. The van der Waals surface area contributed by atoms with Gasteiger partial charge in [0.15, 0.2) is 5.13 Å². The molecule has 7 heteroatoms. The van der Waals surface area contributed by atoms with E-state index in [4.69, 9.17) is 9.47 Å². The lowest BCUT2D eigenvalue weighted by Crippen LogP contribution is -2.13. The molecule has 5 nitrogen and oxygen atoms in total. The van der Waals surface area contributed by atoms with Gasteiger partial charge in [0.2, 0.25) is 0 Å². The summed E-state index contributed by atoms with van der Waals surface area (Å²) < 4.78 is 23.4. The maximum absolute atomic E-state index is 13.0. The van der Waals surface area contributed by atoms with Crippen molar-refractivity contribution in [1.82, 2.24) is 4.98 Å². The molecule has 0 bridgehead atoms. The minimum atomic E-state index is -0.351. The molecule has 3 aromatic rings. The number of anilines is 1. The Morgan fingerprint density at radius 2 is 1.88 bits per heavy atom. The lowest BCUT2D eigenvalue weighted by Gasteiger charge is -2.09. The van der Waals surface area contributed by atoms with Gasteiger partial charge in [0.1, 0.15) is 17.3 Å². The highest BCUT2D eigenvalue weighted by molar-refractivity contribution is 7.14. The van der Waals surface area contributed by atoms with Crippen LogP contribution in [0.5, 0.6) is 11.5 Å². The van der Waals surface area contributed by atoms with Crippen molar-refractivity contribution in [1.29, 1.82) is 0 Å². The number of nitrogens with zero attached hydrogens (tertiary/aromatic N) is 1. The average Bonchev–Trinajstić information content (AvgIpc) is 3.10. The van der Waals surface area contributed by atoms with Gasteiger partial charge in [0.25, 0.3) is 5.91 Å². The van der Waals surface area contributed by atoms with E-state index in [1.165, 1.54) is 37.7 Å².